The maximum atomic E-state index is 14.0. The lowest BCUT2D eigenvalue weighted by atomic mass is 10.0. The van der Waals surface area contributed by atoms with Crippen molar-refractivity contribution in [2.45, 2.75) is 19.4 Å². The second-order valence-corrected chi connectivity index (χ2v) is 6.50. The zero-order valence-electron chi connectivity index (χ0n) is 10.4. The van der Waals surface area contributed by atoms with Gasteiger partial charge in [0, 0.05) is 37.8 Å². The first kappa shape index (κ1) is 15.0. The topological polar surface area (TPSA) is 12.0 Å². The summed E-state index contributed by atoms with van der Waals surface area (Å²) in [7, 11) is 0. The van der Waals surface area contributed by atoms with Crippen LogP contribution >= 0.6 is 38.9 Å². The lowest BCUT2D eigenvalue weighted by molar-refractivity contribution is 0.512. The largest absolute Gasteiger partial charge is 0.310 e. The molecule has 0 bridgehead atoms. The van der Waals surface area contributed by atoms with Gasteiger partial charge in [-0.2, -0.15) is 0 Å². The fraction of sp³-hybridized carbons (Fsp3) is 0.286. The van der Waals surface area contributed by atoms with E-state index in [9.17, 15) is 4.39 Å². The Morgan fingerprint density at radius 2 is 2.26 bits per heavy atom. The molecule has 1 heterocycles. The zero-order valence-corrected chi connectivity index (χ0v) is 13.6. The number of hydrogen-bond acceptors (Lipinski definition) is 2. The molecule has 1 nitrogen and oxygen atoms in total. The van der Waals surface area contributed by atoms with Crippen LogP contribution in [-0.4, -0.2) is 6.54 Å². The molecule has 1 N–H and O–H groups in total. The molecular formula is C14H14BrClFNS. The minimum Gasteiger partial charge on any atom is -0.310 e. The molecule has 2 rings (SSSR count). The summed E-state index contributed by atoms with van der Waals surface area (Å²) >= 11 is 11.2. The summed E-state index contributed by atoms with van der Waals surface area (Å²) in [6, 6.07) is 6.77. The first-order valence-electron chi connectivity index (χ1n) is 6.02. The Kier molecular flexibility index (Phi) is 5.39. The SMILES string of the molecule is CCNC(Cc1cc(Br)cs1)c1c(F)cccc1Cl. The number of likely N-dealkylation sites (N-methyl/N-ethyl adjacent to an activating group) is 1. The second kappa shape index (κ2) is 6.84. The third kappa shape index (κ3) is 3.78. The highest BCUT2D eigenvalue weighted by molar-refractivity contribution is 9.10. The Morgan fingerprint density at radius 1 is 1.47 bits per heavy atom. The van der Waals surface area contributed by atoms with Gasteiger partial charge < -0.3 is 5.32 Å². The molecule has 1 atom stereocenters. The summed E-state index contributed by atoms with van der Waals surface area (Å²) in [5, 5.41) is 5.81. The van der Waals surface area contributed by atoms with Crippen molar-refractivity contribution in [1.29, 1.82) is 0 Å². The van der Waals surface area contributed by atoms with Crippen LogP contribution in [0.4, 0.5) is 4.39 Å². The molecule has 0 aliphatic carbocycles. The van der Waals surface area contributed by atoms with Crippen LogP contribution in [-0.2, 0) is 6.42 Å². The van der Waals surface area contributed by atoms with Crippen LogP contribution in [0.5, 0.6) is 0 Å². The number of hydrogen-bond donors (Lipinski definition) is 1. The fourth-order valence-electron chi connectivity index (χ4n) is 2.03. The summed E-state index contributed by atoms with van der Waals surface area (Å²) < 4.78 is 15.1. The minimum absolute atomic E-state index is 0.107. The molecule has 1 aromatic carbocycles. The maximum Gasteiger partial charge on any atom is 0.129 e. The Morgan fingerprint density at radius 3 is 2.84 bits per heavy atom. The van der Waals surface area contributed by atoms with Crippen LogP contribution in [0.3, 0.4) is 0 Å². The van der Waals surface area contributed by atoms with E-state index < -0.39 is 0 Å². The monoisotopic (exact) mass is 361 g/mol. The molecule has 0 saturated heterocycles. The van der Waals surface area contributed by atoms with E-state index in [2.05, 4.69) is 27.3 Å². The van der Waals surface area contributed by atoms with E-state index in [0.29, 0.717) is 10.6 Å². The predicted octanol–water partition coefficient (Wildman–Crippen LogP) is 5.20. The van der Waals surface area contributed by atoms with E-state index >= 15 is 0 Å². The van der Waals surface area contributed by atoms with E-state index in [1.807, 2.05) is 12.3 Å². The van der Waals surface area contributed by atoms with Gasteiger partial charge in [-0.25, -0.2) is 4.39 Å². The van der Waals surface area contributed by atoms with Crippen LogP contribution in [0.15, 0.2) is 34.1 Å². The third-order valence-electron chi connectivity index (χ3n) is 2.83. The number of rotatable bonds is 5. The second-order valence-electron chi connectivity index (χ2n) is 4.18. The van der Waals surface area contributed by atoms with E-state index in [0.717, 1.165) is 17.4 Å². The molecule has 0 radical (unpaired) electrons. The molecule has 0 spiro atoms. The van der Waals surface area contributed by atoms with Crippen molar-refractivity contribution >= 4 is 38.9 Å². The maximum absolute atomic E-state index is 14.0. The van der Waals surface area contributed by atoms with Gasteiger partial charge in [0.15, 0.2) is 0 Å². The summed E-state index contributed by atoms with van der Waals surface area (Å²) in [5.41, 5.74) is 0.551. The van der Waals surface area contributed by atoms with E-state index in [4.69, 9.17) is 11.6 Å². The summed E-state index contributed by atoms with van der Waals surface area (Å²) in [4.78, 5) is 1.19. The lowest BCUT2D eigenvalue weighted by Gasteiger charge is -2.19. The first-order valence-corrected chi connectivity index (χ1v) is 8.07. The molecule has 0 aliphatic heterocycles. The quantitative estimate of drug-likeness (QED) is 0.771. The molecule has 0 saturated carbocycles. The third-order valence-corrected chi connectivity index (χ3v) is 4.88. The molecular weight excluding hydrogens is 349 g/mol. The van der Waals surface area contributed by atoms with Crippen LogP contribution in [0.1, 0.15) is 23.4 Å². The van der Waals surface area contributed by atoms with Crippen molar-refractivity contribution in [3.05, 3.63) is 55.4 Å². The van der Waals surface area contributed by atoms with Crippen molar-refractivity contribution in [2.24, 2.45) is 0 Å². The highest BCUT2D eigenvalue weighted by atomic mass is 79.9. The number of benzene rings is 1. The van der Waals surface area contributed by atoms with Gasteiger partial charge >= 0.3 is 0 Å². The van der Waals surface area contributed by atoms with Crippen LogP contribution in [0, 0.1) is 5.82 Å². The summed E-state index contributed by atoms with van der Waals surface area (Å²) in [6.07, 6.45) is 0.727. The van der Waals surface area contributed by atoms with Crippen molar-refractivity contribution < 1.29 is 4.39 Å². The molecule has 102 valence electrons. The molecule has 1 aromatic heterocycles. The van der Waals surface area contributed by atoms with Gasteiger partial charge in [0.1, 0.15) is 5.82 Å². The average Bonchev–Trinajstić information content (AvgIpc) is 2.75. The van der Waals surface area contributed by atoms with E-state index in [1.165, 1.54) is 10.9 Å². The fourth-order valence-corrected chi connectivity index (χ4v) is 3.82. The van der Waals surface area contributed by atoms with Gasteiger partial charge in [-0.1, -0.05) is 24.6 Å². The smallest absolute Gasteiger partial charge is 0.129 e. The molecule has 5 heteroatoms. The highest BCUT2D eigenvalue weighted by Crippen LogP contribution is 2.30. The van der Waals surface area contributed by atoms with Crippen molar-refractivity contribution in [3.63, 3.8) is 0 Å². The summed E-state index contributed by atoms with van der Waals surface area (Å²) in [5.74, 6) is -0.255. The first-order chi connectivity index (χ1) is 9.11. The van der Waals surface area contributed by atoms with Crippen LogP contribution in [0.25, 0.3) is 0 Å². The molecule has 0 fully saturated rings. The predicted molar refractivity (Wildman–Crippen MR) is 83.6 cm³/mol. The Balaban J connectivity index is 2.29. The van der Waals surface area contributed by atoms with Gasteiger partial charge in [-0.05, 0) is 40.7 Å². The number of halogens is 3. The Bertz CT molecular complexity index is 538. The molecule has 0 aliphatic rings. The molecule has 2 aromatic rings. The Labute approximate surface area is 129 Å². The highest BCUT2D eigenvalue weighted by Gasteiger charge is 2.19. The average molecular weight is 363 g/mol. The summed E-state index contributed by atoms with van der Waals surface area (Å²) in [6.45, 7) is 2.77. The van der Waals surface area contributed by atoms with Gasteiger partial charge in [0.05, 0.1) is 0 Å². The van der Waals surface area contributed by atoms with Crippen LogP contribution < -0.4 is 5.32 Å². The number of nitrogens with one attached hydrogen (secondary N) is 1. The number of thiophene rings is 1. The standard InChI is InChI=1S/C14H14BrClFNS/c1-2-18-13(7-10-6-9(15)8-19-10)14-11(16)4-3-5-12(14)17/h3-6,8,13,18H,2,7H2,1H3. The van der Waals surface area contributed by atoms with Gasteiger partial charge in [-0.15, -0.1) is 11.3 Å². The zero-order chi connectivity index (χ0) is 13.8. The van der Waals surface area contributed by atoms with E-state index in [-0.39, 0.29) is 11.9 Å². The molecule has 19 heavy (non-hydrogen) atoms. The molecule has 0 amide bonds. The van der Waals surface area contributed by atoms with Crippen molar-refractivity contribution in [3.8, 4) is 0 Å². The van der Waals surface area contributed by atoms with Gasteiger partial charge in [0.2, 0.25) is 0 Å². The van der Waals surface area contributed by atoms with Gasteiger partial charge in [0.25, 0.3) is 0 Å². The lowest BCUT2D eigenvalue weighted by Crippen LogP contribution is -2.24. The minimum atomic E-state index is -0.255. The molecule has 1 unspecified atom stereocenters. The normalized spacial score (nSPS) is 12.6. The van der Waals surface area contributed by atoms with Crippen molar-refractivity contribution in [2.75, 3.05) is 6.54 Å². The Hall–Kier alpha value is -0.420. The van der Waals surface area contributed by atoms with Gasteiger partial charge in [-0.3, -0.25) is 0 Å². The van der Waals surface area contributed by atoms with Crippen LogP contribution in [0.2, 0.25) is 5.02 Å². The van der Waals surface area contributed by atoms with E-state index in [1.54, 1.807) is 23.5 Å². The van der Waals surface area contributed by atoms with Crippen molar-refractivity contribution in [1.82, 2.24) is 5.32 Å².